The van der Waals surface area contributed by atoms with Gasteiger partial charge in [-0.2, -0.15) is 9.97 Å². The Morgan fingerprint density at radius 3 is 2.44 bits per heavy atom. The van der Waals surface area contributed by atoms with Gasteiger partial charge >= 0.3 is 5.69 Å². The van der Waals surface area contributed by atoms with Crippen molar-refractivity contribution in [2.24, 2.45) is 5.92 Å². The Labute approximate surface area is 147 Å². The number of ether oxygens (including phenoxy) is 1. The summed E-state index contributed by atoms with van der Waals surface area (Å²) in [6, 6.07) is 0. The molecule has 1 aromatic heterocycles. The Hall–Kier alpha value is -2.16. The number of nitrogen functional groups attached to an aromatic ring is 1. The van der Waals surface area contributed by atoms with Gasteiger partial charge in [0.1, 0.15) is 0 Å². The third-order valence-electron chi connectivity index (χ3n) is 4.72. The minimum Gasteiger partial charge on any atom is -0.378 e. The third-order valence-corrected chi connectivity index (χ3v) is 4.72. The van der Waals surface area contributed by atoms with Crippen molar-refractivity contribution in [2.45, 2.75) is 45.8 Å². The first kappa shape index (κ1) is 17.7. The van der Waals surface area contributed by atoms with Gasteiger partial charge in [0.2, 0.25) is 17.6 Å². The zero-order chi connectivity index (χ0) is 18.1. The lowest BCUT2D eigenvalue weighted by Gasteiger charge is -2.36. The average Bonchev–Trinajstić information content (AvgIpc) is 2.52. The molecule has 2 saturated heterocycles. The van der Waals surface area contributed by atoms with Gasteiger partial charge in [0.05, 0.1) is 17.1 Å². The fourth-order valence-electron chi connectivity index (χ4n) is 3.71. The summed E-state index contributed by atoms with van der Waals surface area (Å²) in [5, 5.41) is 11.6. The molecular weight excluding hydrogens is 324 g/mol. The van der Waals surface area contributed by atoms with E-state index in [1.54, 1.807) is 0 Å². The topological polar surface area (TPSA) is 111 Å². The number of aromatic nitrogens is 2. The highest BCUT2D eigenvalue weighted by molar-refractivity contribution is 5.71. The van der Waals surface area contributed by atoms with E-state index in [0.29, 0.717) is 30.8 Å². The zero-order valence-electron chi connectivity index (χ0n) is 15.0. The Balaban J connectivity index is 2.00. The Morgan fingerprint density at radius 2 is 1.84 bits per heavy atom. The van der Waals surface area contributed by atoms with E-state index in [-0.39, 0.29) is 23.7 Å². The zero-order valence-corrected chi connectivity index (χ0v) is 15.0. The maximum absolute atomic E-state index is 11.6. The lowest BCUT2D eigenvalue weighted by atomic mass is 10.0. The molecule has 0 amide bonds. The van der Waals surface area contributed by atoms with Crippen molar-refractivity contribution in [1.29, 1.82) is 0 Å². The van der Waals surface area contributed by atoms with Crippen molar-refractivity contribution in [2.75, 3.05) is 41.7 Å². The molecule has 0 saturated carbocycles. The molecule has 0 aromatic carbocycles. The summed E-state index contributed by atoms with van der Waals surface area (Å²) >= 11 is 0. The lowest BCUT2D eigenvalue weighted by Crippen LogP contribution is -2.46. The molecular formula is C16H26N6O3. The van der Waals surface area contributed by atoms with E-state index in [1.807, 2.05) is 18.7 Å². The molecule has 138 valence electrons. The number of morpholine rings is 1. The number of piperidine rings is 1. The molecule has 0 unspecified atom stereocenters. The Kier molecular flexibility index (Phi) is 4.94. The largest absolute Gasteiger partial charge is 0.378 e. The van der Waals surface area contributed by atoms with Crippen molar-refractivity contribution in [3.05, 3.63) is 10.1 Å². The van der Waals surface area contributed by atoms with Crippen LogP contribution >= 0.6 is 0 Å². The van der Waals surface area contributed by atoms with Crippen LogP contribution in [0.4, 0.5) is 23.3 Å². The van der Waals surface area contributed by atoms with Crippen LogP contribution in [0.5, 0.6) is 0 Å². The number of rotatable bonds is 3. The van der Waals surface area contributed by atoms with Gasteiger partial charge in [-0.1, -0.05) is 6.92 Å². The summed E-state index contributed by atoms with van der Waals surface area (Å²) in [5.74, 6) is 1.25. The number of nitro groups is 1. The second-order valence-electron chi connectivity index (χ2n) is 7.19. The summed E-state index contributed by atoms with van der Waals surface area (Å²) in [5.41, 5.74) is 5.75. The molecule has 9 heteroatoms. The quantitative estimate of drug-likeness (QED) is 0.649. The number of nitrogens with two attached hydrogens (primary N) is 1. The number of hydrogen-bond donors (Lipinski definition) is 1. The maximum Gasteiger partial charge on any atom is 0.353 e. The second kappa shape index (κ2) is 6.99. The molecule has 0 radical (unpaired) electrons. The van der Waals surface area contributed by atoms with E-state index < -0.39 is 4.92 Å². The maximum atomic E-state index is 11.6. The van der Waals surface area contributed by atoms with Crippen LogP contribution in [0.2, 0.25) is 0 Å². The van der Waals surface area contributed by atoms with Crippen LogP contribution in [0.3, 0.4) is 0 Å². The van der Waals surface area contributed by atoms with E-state index in [9.17, 15) is 10.1 Å². The highest BCUT2D eigenvalue weighted by atomic mass is 16.6. The van der Waals surface area contributed by atoms with E-state index in [2.05, 4.69) is 21.8 Å². The molecule has 1 aromatic rings. The van der Waals surface area contributed by atoms with Crippen LogP contribution in [0, 0.1) is 16.0 Å². The molecule has 3 heterocycles. The van der Waals surface area contributed by atoms with E-state index in [0.717, 1.165) is 19.5 Å². The number of anilines is 3. The van der Waals surface area contributed by atoms with Crippen molar-refractivity contribution < 1.29 is 9.66 Å². The first-order valence-corrected chi connectivity index (χ1v) is 8.82. The number of nitrogens with zero attached hydrogens (tertiary/aromatic N) is 5. The molecule has 9 nitrogen and oxygen atoms in total. The molecule has 2 aliphatic heterocycles. The monoisotopic (exact) mass is 350 g/mol. The van der Waals surface area contributed by atoms with E-state index >= 15 is 0 Å². The fourth-order valence-corrected chi connectivity index (χ4v) is 3.71. The normalized spacial score (nSPS) is 27.4. The van der Waals surface area contributed by atoms with Crippen LogP contribution < -0.4 is 15.5 Å². The smallest absolute Gasteiger partial charge is 0.353 e. The van der Waals surface area contributed by atoms with Crippen LogP contribution in [0.15, 0.2) is 0 Å². The summed E-state index contributed by atoms with van der Waals surface area (Å²) < 4.78 is 5.73. The Morgan fingerprint density at radius 1 is 1.16 bits per heavy atom. The van der Waals surface area contributed by atoms with Gasteiger partial charge in [0.25, 0.3) is 0 Å². The Bertz CT molecular complexity index is 645. The van der Waals surface area contributed by atoms with Crippen molar-refractivity contribution in [1.82, 2.24) is 9.97 Å². The van der Waals surface area contributed by atoms with Crippen molar-refractivity contribution in [3.63, 3.8) is 0 Å². The molecule has 3 atom stereocenters. The SMILES string of the molecule is C[C@@H]1CCCN(c2nc(N)c([N+](=O)[O-])c(N3C[C@H](C)O[C@@H](C)C3)n2)C1. The summed E-state index contributed by atoms with van der Waals surface area (Å²) in [7, 11) is 0. The molecule has 2 N–H and O–H groups in total. The standard InChI is InChI=1S/C16H26N6O3/c1-10-5-4-6-20(7-10)16-18-14(17)13(22(23)24)15(19-16)21-8-11(2)25-12(3)9-21/h10-12H,4-9H2,1-3H3,(H2,17,18,19)/t10-,11+,12+/m1/s1. The summed E-state index contributed by atoms with van der Waals surface area (Å²) in [6.45, 7) is 8.85. The predicted octanol–water partition coefficient (Wildman–Crippen LogP) is 1.82. The second-order valence-corrected chi connectivity index (χ2v) is 7.19. The third kappa shape index (κ3) is 3.76. The molecule has 3 rings (SSSR count). The first-order chi connectivity index (χ1) is 11.8. The van der Waals surface area contributed by atoms with E-state index in [4.69, 9.17) is 10.5 Å². The van der Waals surface area contributed by atoms with Crippen molar-refractivity contribution >= 4 is 23.3 Å². The van der Waals surface area contributed by atoms with Gasteiger partial charge in [-0.25, -0.2) is 0 Å². The van der Waals surface area contributed by atoms with Crippen LogP contribution in [-0.4, -0.2) is 53.3 Å². The minimum atomic E-state index is -0.488. The lowest BCUT2D eigenvalue weighted by molar-refractivity contribution is -0.383. The van der Waals surface area contributed by atoms with Gasteiger partial charge < -0.3 is 20.3 Å². The molecule has 0 bridgehead atoms. The highest BCUT2D eigenvalue weighted by Gasteiger charge is 2.33. The number of hydrogen-bond acceptors (Lipinski definition) is 8. The van der Waals surface area contributed by atoms with Gasteiger partial charge in [0, 0.05) is 26.2 Å². The summed E-state index contributed by atoms with van der Waals surface area (Å²) in [6.07, 6.45) is 2.17. The molecule has 2 fully saturated rings. The minimum absolute atomic E-state index is 0.0296. The van der Waals surface area contributed by atoms with Crippen LogP contribution in [0.25, 0.3) is 0 Å². The van der Waals surface area contributed by atoms with Gasteiger partial charge in [-0.3, -0.25) is 10.1 Å². The first-order valence-electron chi connectivity index (χ1n) is 8.82. The van der Waals surface area contributed by atoms with Gasteiger partial charge in [0.15, 0.2) is 0 Å². The fraction of sp³-hybridized carbons (Fsp3) is 0.750. The van der Waals surface area contributed by atoms with Crippen LogP contribution in [0.1, 0.15) is 33.6 Å². The van der Waals surface area contributed by atoms with E-state index in [1.165, 1.54) is 6.42 Å². The van der Waals surface area contributed by atoms with Gasteiger partial charge in [-0.05, 0) is 32.6 Å². The summed E-state index contributed by atoms with van der Waals surface area (Å²) in [4.78, 5) is 23.9. The molecule has 0 aliphatic carbocycles. The van der Waals surface area contributed by atoms with Crippen molar-refractivity contribution in [3.8, 4) is 0 Å². The molecule has 0 spiro atoms. The average molecular weight is 350 g/mol. The molecule has 2 aliphatic rings. The van der Waals surface area contributed by atoms with Crippen LogP contribution in [-0.2, 0) is 4.74 Å². The van der Waals surface area contributed by atoms with Gasteiger partial charge in [-0.15, -0.1) is 0 Å². The molecule has 25 heavy (non-hydrogen) atoms. The highest BCUT2D eigenvalue weighted by Crippen LogP contribution is 2.35. The predicted molar refractivity (Wildman–Crippen MR) is 95.9 cm³/mol.